The minimum absolute atomic E-state index is 0.0712. The Labute approximate surface area is 302 Å². The van der Waals surface area contributed by atoms with Crippen molar-refractivity contribution < 1.29 is 14.4 Å². The van der Waals surface area contributed by atoms with Gasteiger partial charge in [-0.2, -0.15) is 14.9 Å². The maximum Gasteiger partial charge on any atom is 0.271 e. The van der Waals surface area contributed by atoms with Gasteiger partial charge < -0.3 is 10.6 Å². The molecule has 0 fully saturated rings. The van der Waals surface area contributed by atoms with Crippen molar-refractivity contribution in [2.24, 2.45) is 5.73 Å². The van der Waals surface area contributed by atoms with E-state index in [1.54, 1.807) is 70.3 Å². The van der Waals surface area contributed by atoms with Gasteiger partial charge >= 0.3 is 0 Å². The summed E-state index contributed by atoms with van der Waals surface area (Å²) < 4.78 is 3.34. The maximum atomic E-state index is 11.6. The van der Waals surface area contributed by atoms with E-state index >= 15 is 0 Å². The molecule has 0 spiro atoms. The summed E-state index contributed by atoms with van der Waals surface area (Å²) in [6.07, 6.45) is 3.47. The minimum Gasteiger partial charge on any atom is -0.364 e. The number of amides is 1. The van der Waals surface area contributed by atoms with Gasteiger partial charge in [0, 0.05) is 41.8 Å². The minimum atomic E-state index is -0.598. The second-order valence-corrected chi connectivity index (χ2v) is 11.8. The second-order valence-electron chi connectivity index (χ2n) is 11.8. The Balaban J connectivity index is 0.000000164. The quantitative estimate of drug-likeness (QED) is 0.136. The van der Waals surface area contributed by atoms with Gasteiger partial charge in [-0.05, 0) is 54.6 Å². The lowest BCUT2D eigenvalue weighted by Gasteiger charge is -2.06. The molecule has 0 saturated heterocycles. The highest BCUT2D eigenvalue weighted by Crippen LogP contribution is 2.27. The van der Waals surface area contributed by atoms with Crippen LogP contribution in [0.1, 0.15) is 45.3 Å². The predicted octanol–water partition coefficient (Wildman–Crippen LogP) is 7.02. The molecule has 8 rings (SSSR count). The number of rotatable bonds is 7. The van der Waals surface area contributed by atoms with E-state index in [0.717, 1.165) is 38.6 Å². The Bertz CT molecular complexity index is 2760. The van der Waals surface area contributed by atoms with E-state index in [4.69, 9.17) is 12.3 Å². The van der Waals surface area contributed by atoms with Crippen molar-refractivity contribution >= 4 is 45.1 Å². The van der Waals surface area contributed by atoms with E-state index in [2.05, 4.69) is 35.0 Å². The van der Waals surface area contributed by atoms with Crippen molar-refractivity contribution in [2.75, 3.05) is 0 Å². The zero-order valence-electron chi connectivity index (χ0n) is 28.4. The third-order valence-corrected chi connectivity index (χ3v) is 8.21. The van der Waals surface area contributed by atoms with Crippen LogP contribution in [0.15, 0.2) is 122 Å². The molecule has 13 heteroatoms. The van der Waals surface area contributed by atoms with Crippen LogP contribution in [0.3, 0.4) is 0 Å². The van der Waals surface area contributed by atoms with Crippen LogP contribution in [0.2, 0.25) is 0 Å². The van der Waals surface area contributed by atoms with E-state index in [1.165, 1.54) is 13.8 Å². The average molecular weight is 697 g/mol. The fraction of sp³-hybridized carbons (Fsp3) is 0.0500. The molecule has 6 aromatic heterocycles. The van der Waals surface area contributed by atoms with E-state index in [0.29, 0.717) is 34.5 Å². The van der Waals surface area contributed by atoms with Crippen molar-refractivity contribution in [1.29, 1.82) is 0 Å². The molecular formula is C40H28N10O3. The monoisotopic (exact) mass is 696 g/mol. The summed E-state index contributed by atoms with van der Waals surface area (Å²) in [6, 6.07) is 32.6. The first-order valence-electron chi connectivity index (χ1n) is 16.2. The number of pyridine rings is 4. The largest absolute Gasteiger partial charge is 0.364 e. The number of aromatic nitrogens is 8. The number of primary amides is 1. The van der Waals surface area contributed by atoms with E-state index in [-0.39, 0.29) is 17.3 Å². The second kappa shape index (κ2) is 14.3. The highest BCUT2D eigenvalue weighted by molar-refractivity contribution is 5.94. The van der Waals surface area contributed by atoms with Gasteiger partial charge in [0.05, 0.1) is 34.8 Å². The number of nitrogens with two attached hydrogens (primary N) is 1. The molecule has 8 aromatic rings. The molecule has 1 amide bonds. The molecular weight excluding hydrogens is 669 g/mol. The first-order chi connectivity index (χ1) is 25.7. The Kier molecular flexibility index (Phi) is 9.08. The third kappa shape index (κ3) is 7.01. The summed E-state index contributed by atoms with van der Waals surface area (Å²) in [5, 5.41) is 10.6. The Morgan fingerprint density at radius 3 is 1.55 bits per heavy atom. The molecule has 2 N–H and O–H groups in total. The van der Waals surface area contributed by atoms with Crippen LogP contribution in [0.4, 0.5) is 5.82 Å². The van der Waals surface area contributed by atoms with Crippen LogP contribution in [0.5, 0.6) is 0 Å². The summed E-state index contributed by atoms with van der Waals surface area (Å²) in [5.41, 5.74) is 11.1. The average Bonchev–Trinajstić information content (AvgIpc) is 3.82. The van der Waals surface area contributed by atoms with Gasteiger partial charge in [-0.1, -0.05) is 55.1 Å². The van der Waals surface area contributed by atoms with Gasteiger partial charge in [-0.15, -0.1) is 4.98 Å². The fourth-order valence-corrected chi connectivity index (χ4v) is 5.57. The van der Waals surface area contributed by atoms with Gasteiger partial charge in [0.1, 0.15) is 17.1 Å². The van der Waals surface area contributed by atoms with Crippen molar-refractivity contribution in [3.63, 3.8) is 0 Å². The molecule has 6 heterocycles. The molecule has 53 heavy (non-hydrogen) atoms. The number of hydrogen-bond donors (Lipinski definition) is 1. The zero-order chi connectivity index (χ0) is 37.1. The molecule has 0 aliphatic heterocycles. The lowest BCUT2D eigenvalue weighted by atomic mass is 10.1. The van der Waals surface area contributed by atoms with Crippen molar-refractivity contribution in [2.45, 2.75) is 13.8 Å². The highest BCUT2D eigenvalue weighted by Gasteiger charge is 2.14. The number of ketones is 2. The Hall–Kier alpha value is -7.72. The molecule has 13 nitrogen and oxygen atoms in total. The maximum absolute atomic E-state index is 11.6. The van der Waals surface area contributed by atoms with Crippen molar-refractivity contribution in [3.8, 4) is 34.2 Å². The number of carbonyl (C=O) groups excluding carboxylic acids is 3. The number of nitrogens with zero attached hydrogens (tertiary/aromatic N) is 9. The lowest BCUT2D eigenvalue weighted by molar-refractivity contribution is 0.0990. The molecule has 0 saturated carbocycles. The number of benzene rings is 2. The number of Topliss-reactive ketones (excluding diaryl/α,β-unsaturated/α-hetero) is 2. The smallest absolute Gasteiger partial charge is 0.271 e. The number of fused-ring (bicyclic) bond motifs is 2. The van der Waals surface area contributed by atoms with Crippen molar-refractivity contribution in [3.05, 3.63) is 150 Å². The Morgan fingerprint density at radius 1 is 0.585 bits per heavy atom. The summed E-state index contributed by atoms with van der Waals surface area (Å²) in [7, 11) is 0. The molecule has 0 aliphatic carbocycles. The third-order valence-electron chi connectivity index (χ3n) is 8.21. The first kappa shape index (κ1) is 33.8. The molecule has 0 aliphatic rings. The van der Waals surface area contributed by atoms with Gasteiger partial charge in [0.15, 0.2) is 17.4 Å². The summed E-state index contributed by atoms with van der Waals surface area (Å²) in [5.74, 6) is 0.630. The molecule has 0 unspecified atom stereocenters. The molecule has 0 atom stereocenters. The SMILES string of the molecule is CC(=O)c1cccc(-c2ccc3cnn(-c4cccc(C(N)=O)n4)c3c2)n1.[C-]#[N+]c1cccc(-n2ncc3ccc(-c4cccc(C(C)=O)n4)cc32)n1. The molecule has 2 aromatic carbocycles. The van der Waals surface area contributed by atoms with Crippen LogP contribution in [-0.4, -0.2) is 57.0 Å². The standard InChI is InChI=1S/C20H15N5O2.C20H13N5O/c1-12(26)15-4-2-5-16(23-15)13-8-9-14-11-22-25(18(14)10-13)19-7-3-6-17(24-19)20(21)27;1-13(26)16-5-3-6-17(23-16)14-9-10-15-12-22-25(18(15)11-14)20-8-4-7-19(21-2)24-20/h2-11H,1H3,(H2,21,27);3-12H,1H3. The number of hydrogen-bond acceptors (Lipinski definition) is 9. The van der Waals surface area contributed by atoms with Crippen LogP contribution < -0.4 is 5.73 Å². The first-order valence-corrected chi connectivity index (χ1v) is 16.2. The van der Waals surface area contributed by atoms with E-state index in [1.807, 2.05) is 60.7 Å². The topological polar surface area (TPSA) is 169 Å². The number of carbonyl (C=O) groups is 3. The lowest BCUT2D eigenvalue weighted by Crippen LogP contribution is -2.14. The normalized spacial score (nSPS) is 10.7. The van der Waals surface area contributed by atoms with Crippen LogP contribution in [0, 0.1) is 6.57 Å². The van der Waals surface area contributed by atoms with Gasteiger partial charge in [-0.3, -0.25) is 14.4 Å². The summed E-state index contributed by atoms with van der Waals surface area (Å²) in [6.45, 7) is 10.1. The van der Waals surface area contributed by atoms with Crippen LogP contribution in [-0.2, 0) is 0 Å². The molecule has 0 radical (unpaired) electrons. The molecule has 256 valence electrons. The summed E-state index contributed by atoms with van der Waals surface area (Å²) >= 11 is 0. The van der Waals surface area contributed by atoms with Crippen molar-refractivity contribution in [1.82, 2.24) is 39.5 Å². The van der Waals surface area contributed by atoms with Gasteiger partial charge in [0.25, 0.3) is 11.7 Å². The Morgan fingerprint density at radius 2 is 1.06 bits per heavy atom. The van der Waals surface area contributed by atoms with Crippen LogP contribution in [0.25, 0.3) is 60.8 Å². The highest BCUT2D eigenvalue weighted by atomic mass is 16.1. The van der Waals surface area contributed by atoms with E-state index in [9.17, 15) is 14.4 Å². The van der Waals surface area contributed by atoms with E-state index < -0.39 is 5.91 Å². The fourth-order valence-electron chi connectivity index (χ4n) is 5.57. The van der Waals surface area contributed by atoms with Crippen LogP contribution >= 0.6 is 0 Å². The van der Waals surface area contributed by atoms with Gasteiger partial charge in [-0.25, -0.2) is 19.6 Å². The summed E-state index contributed by atoms with van der Waals surface area (Å²) in [4.78, 5) is 55.4. The predicted molar refractivity (Wildman–Crippen MR) is 199 cm³/mol. The zero-order valence-corrected chi connectivity index (χ0v) is 28.4. The van der Waals surface area contributed by atoms with Gasteiger partial charge in [0.2, 0.25) is 5.82 Å². The molecule has 0 bridgehead atoms.